The van der Waals surface area contributed by atoms with Crippen molar-refractivity contribution in [2.75, 3.05) is 18.6 Å². The van der Waals surface area contributed by atoms with Gasteiger partial charge < -0.3 is 14.7 Å². The Morgan fingerprint density at radius 3 is 2.61 bits per heavy atom. The molecule has 0 fully saturated rings. The molecule has 0 radical (unpaired) electrons. The van der Waals surface area contributed by atoms with Crippen LogP contribution in [0.25, 0.3) is 0 Å². The highest BCUT2D eigenvalue weighted by Gasteiger charge is 2.15. The van der Waals surface area contributed by atoms with E-state index < -0.39 is 12.6 Å². The Balaban J connectivity index is 2.04. The minimum atomic E-state index is -1.04. The molecule has 1 aromatic carbocycles. The lowest BCUT2D eigenvalue weighted by atomic mass is 10.2. The molecule has 0 aliphatic carbocycles. The van der Waals surface area contributed by atoms with Gasteiger partial charge in [0.1, 0.15) is 5.75 Å². The smallest absolute Gasteiger partial charge is 0.341 e. The zero-order valence-corrected chi connectivity index (χ0v) is 13.1. The first-order valence-electron chi connectivity index (χ1n) is 7.26. The topological polar surface area (TPSA) is 84.7 Å². The number of carbonyl (C=O) groups excluding carboxylic acids is 1. The number of amides is 1. The maximum atomic E-state index is 12.4. The second-order valence-electron chi connectivity index (χ2n) is 5.03. The SMILES string of the molecule is CCCn1cc(C(=O)N(C)c2ccc(OCC(=O)O)cc2)cn1. The lowest BCUT2D eigenvalue weighted by Crippen LogP contribution is -2.25. The molecule has 122 valence electrons. The van der Waals surface area contributed by atoms with Crippen LogP contribution in [0, 0.1) is 0 Å². The van der Waals surface area contributed by atoms with E-state index in [1.807, 2.05) is 6.92 Å². The number of carboxylic acids is 1. The fourth-order valence-electron chi connectivity index (χ4n) is 2.05. The van der Waals surface area contributed by atoms with Gasteiger partial charge in [-0.25, -0.2) is 4.79 Å². The molecule has 0 spiro atoms. The predicted molar refractivity (Wildman–Crippen MR) is 84.8 cm³/mol. The quantitative estimate of drug-likeness (QED) is 0.844. The van der Waals surface area contributed by atoms with Crippen LogP contribution in [0.3, 0.4) is 0 Å². The third-order valence-electron chi connectivity index (χ3n) is 3.22. The normalized spacial score (nSPS) is 10.3. The molecule has 1 heterocycles. The summed E-state index contributed by atoms with van der Waals surface area (Å²) in [6, 6.07) is 6.65. The van der Waals surface area contributed by atoms with Gasteiger partial charge in [-0.1, -0.05) is 6.92 Å². The molecule has 1 amide bonds. The minimum Gasteiger partial charge on any atom is -0.482 e. The molecule has 0 saturated carbocycles. The highest BCUT2D eigenvalue weighted by atomic mass is 16.5. The Labute approximate surface area is 134 Å². The molecule has 0 saturated heterocycles. The Morgan fingerprint density at radius 2 is 2.00 bits per heavy atom. The van der Waals surface area contributed by atoms with Gasteiger partial charge in [0.05, 0.1) is 11.8 Å². The van der Waals surface area contributed by atoms with Crippen molar-refractivity contribution >= 4 is 17.6 Å². The van der Waals surface area contributed by atoms with Gasteiger partial charge in [-0.15, -0.1) is 0 Å². The number of nitrogens with zero attached hydrogens (tertiary/aromatic N) is 3. The van der Waals surface area contributed by atoms with Crippen molar-refractivity contribution in [1.29, 1.82) is 0 Å². The van der Waals surface area contributed by atoms with Crippen LogP contribution < -0.4 is 9.64 Å². The van der Waals surface area contributed by atoms with Gasteiger partial charge in [-0.3, -0.25) is 9.48 Å². The molecule has 0 unspecified atom stereocenters. The molecular formula is C16H19N3O4. The fraction of sp³-hybridized carbons (Fsp3) is 0.312. The van der Waals surface area contributed by atoms with Crippen LogP contribution in [0.1, 0.15) is 23.7 Å². The first kappa shape index (κ1) is 16.5. The van der Waals surface area contributed by atoms with E-state index in [1.54, 1.807) is 48.4 Å². The highest BCUT2D eigenvalue weighted by molar-refractivity contribution is 6.05. The lowest BCUT2D eigenvalue weighted by molar-refractivity contribution is -0.139. The average Bonchev–Trinajstić information content (AvgIpc) is 3.01. The Kier molecular flexibility index (Phi) is 5.35. The molecule has 0 aliphatic heterocycles. The predicted octanol–water partition coefficient (Wildman–Crippen LogP) is 2.03. The summed E-state index contributed by atoms with van der Waals surface area (Å²) in [5.41, 5.74) is 1.20. The van der Waals surface area contributed by atoms with E-state index in [-0.39, 0.29) is 5.91 Å². The summed E-state index contributed by atoms with van der Waals surface area (Å²) in [4.78, 5) is 24.4. The van der Waals surface area contributed by atoms with Crippen molar-refractivity contribution in [2.24, 2.45) is 0 Å². The number of aryl methyl sites for hydroxylation is 1. The molecule has 0 aliphatic rings. The van der Waals surface area contributed by atoms with Crippen molar-refractivity contribution in [3.05, 3.63) is 42.2 Å². The van der Waals surface area contributed by atoms with Gasteiger partial charge >= 0.3 is 5.97 Å². The fourth-order valence-corrected chi connectivity index (χ4v) is 2.05. The first-order valence-corrected chi connectivity index (χ1v) is 7.26. The standard InChI is InChI=1S/C16H19N3O4/c1-3-8-19-10-12(9-17-19)16(22)18(2)13-4-6-14(7-5-13)23-11-15(20)21/h4-7,9-10H,3,8,11H2,1-2H3,(H,20,21). The zero-order valence-electron chi connectivity index (χ0n) is 13.1. The summed E-state index contributed by atoms with van der Waals surface area (Å²) >= 11 is 0. The third kappa shape index (κ3) is 4.32. The van der Waals surface area contributed by atoms with Gasteiger partial charge in [-0.2, -0.15) is 5.10 Å². The number of ether oxygens (including phenoxy) is 1. The van der Waals surface area contributed by atoms with Crippen LogP contribution in [-0.4, -0.2) is 40.4 Å². The molecule has 23 heavy (non-hydrogen) atoms. The Bertz CT molecular complexity index is 679. The molecule has 2 aromatic rings. The van der Waals surface area contributed by atoms with E-state index in [0.29, 0.717) is 17.0 Å². The van der Waals surface area contributed by atoms with E-state index in [0.717, 1.165) is 13.0 Å². The summed E-state index contributed by atoms with van der Waals surface area (Å²) in [6.07, 6.45) is 4.23. The van der Waals surface area contributed by atoms with Gasteiger partial charge in [0.25, 0.3) is 5.91 Å². The van der Waals surface area contributed by atoms with E-state index in [2.05, 4.69) is 5.10 Å². The van der Waals surface area contributed by atoms with Crippen LogP contribution in [0.2, 0.25) is 0 Å². The van der Waals surface area contributed by atoms with Crippen molar-refractivity contribution in [1.82, 2.24) is 9.78 Å². The van der Waals surface area contributed by atoms with Crippen LogP contribution in [0.15, 0.2) is 36.7 Å². The average molecular weight is 317 g/mol. The largest absolute Gasteiger partial charge is 0.482 e. The maximum absolute atomic E-state index is 12.4. The first-order chi connectivity index (χ1) is 11.0. The number of hydrogen-bond donors (Lipinski definition) is 1. The van der Waals surface area contributed by atoms with Crippen LogP contribution in [0.5, 0.6) is 5.75 Å². The summed E-state index contributed by atoms with van der Waals surface area (Å²) < 4.78 is 6.80. The van der Waals surface area contributed by atoms with Crippen LogP contribution >= 0.6 is 0 Å². The molecule has 0 atom stereocenters. The molecule has 7 heteroatoms. The minimum absolute atomic E-state index is 0.161. The van der Waals surface area contributed by atoms with Crippen molar-refractivity contribution in [3.63, 3.8) is 0 Å². The molecule has 2 rings (SSSR count). The Hall–Kier alpha value is -2.83. The third-order valence-corrected chi connectivity index (χ3v) is 3.22. The number of carbonyl (C=O) groups is 2. The number of aromatic nitrogens is 2. The van der Waals surface area contributed by atoms with Crippen molar-refractivity contribution in [3.8, 4) is 5.75 Å². The number of hydrogen-bond acceptors (Lipinski definition) is 4. The van der Waals surface area contributed by atoms with E-state index >= 15 is 0 Å². The van der Waals surface area contributed by atoms with Gasteiger partial charge in [0, 0.05) is 25.5 Å². The summed E-state index contributed by atoms with van der Waals surface area (Å²) in [5, 5.41) is 12.7. The lowest BCUT2D eigenvalue weighted by Gasteiger charge is -2.16. The summed E-state index contributed by atoms with van der Waals surface area (Å²) in [7, 11) is 1.67. The molecular weight excluding hydrogens is 298 g/mol. The number of anilines is 1. The number of benzene rings is 1. The van der Waals surface area contributed by atoms with Gasteiger partial charge in [-0.05, 0) is 30.7 Å². The zero-order chi connectivity index (χ0) is 16.8. The van der Waals surface area contributed by atoms with Gasteiger partial charge in [0.15, 0.2) is 6.61 Å². The monoisotopic (exact) mass is 317 g/mol. The number of aliphatic carboxylic acids is 1. The molecule has 0 bridgehead atoms. The Morgan fingerprint density at radius 1 is 1.30 bits per heavy atom. The van der Waals surface area contributed by atoms with Gasteiger partial charge in [0.2, 0.25) is 0 Å². The molecule has 7 nitrogen and oxygen atoms in total. The number of rotatable bonds is 7. The van der Waals surface area contributed by atoms with Crippen molar-refractivity contribution < 1.29 is 19.4 Å². The van der Waals surface area contributed by atoms with Crippen LogP contribution in [-0.2, 0) is 11.3 Å². The van der Waals surface area contributed by atoms with E-state index in [1.165, 1.54) is 4.90 Å². The maximum Gasteiger partial charge on any atom is 0.341 e. The van der Waals surface area contributed by atoms with Crippen molar-refractivity contribution in [2.45, 2.75) is 19.9 Å². The van der Waals surface area contributed by atoms with E-state index in [9.17, 15) is 9.59 Å². The molecule has 1 aromatic heterocycles. The van der Waals surface area contributed by atoms with E-state index in [4.69, 9.17) is 9.84 Å². The second kappa shape index (κ2) is 7.44. The second-order valence-corrected chi connectivity index (χ2v) is 5.03. The molecule has 1 N–H and O–H groups in total. The van der Waals surface area contributed by atoms with Crippen LogP contribution in [0.4, 0.5) is 5.69 Å². The highest BCUT2D eigenvalue weighted by Crippen LogP contribution is 2.20. The summed E-state index contributed by atoms with van der Waals surface area (Å²) in [5.74, 6) is -0.759. The number of carboxylic acid groups (broad SMARTS) is 1. The summed E-state index contributed by atoms with van der Waals surface area (Å²) in [6.45, 7) is 2.42.